The van der Waals surface area contributed by atoms with Gasteiger partial charge in [-0.2, -0.15) is 0 Å². The fraction of sp³-hybridized carbons (Fsp3) is 1.00. The summed E-state index contributed by atoms with van der Waals surface area (Å²) in [6, 6.07) is 0. The van der Waals surface area contributed by atoms with E-state index in [9.17, 15) is 4.21 Å². The van der Waals surface area contributed by atoms with E-state index in [1.807, 2.05) is 0 Å². The fourth-order valence-corrected chi connectivity index (χ4v) is 3.36. The molecule has 1 nitrogen and oxygen atoms in total. The van der Waals surface area contributed by atoms with Crippen molar-refractivity contribution in [3.8, 4) is 0 Å². The van der Waals surface area contributed by atoms with Gasteiger partial charge in [0.25, 0.3) is 0 Å². The molecule has 0 aromatic heterocycles. The molecule has 2 atom stereocenters. The molecule has 0 amide bonds. The van der Waals surface area contributed by atoms with Gasteiger partial charge in [-0.15, -0.1) is 0 Å². The van der Waals surface area contributed by atoms with Crippen LogP contribution in [0.4, 0.5) is 0 Å². The van der Waals surface area contributed by atoms with Gasteiger partial charge in [-0.25, -0.2) is 0 Å². The third-order valence-electron chi connectivity index (χ3n) is 2.73. The Labute approximate surface area is 64.7 Å². The van der Waals surface area contributed by atoms with E-state index in [0.717, 1.165) is 11.7 Å². The summed E-state index contributed by atoms with van der Waals surface area (Å²) in [5.74, 6) is 1.86. The van der Waals surface area contributed by atoms with Gasteiger partial charge in [-0.1, -0.05) is 19.3 Å². The van der Waals surface area contributed by atoms with Crippen molar-refractivity contribution in [2.45, 2.75) is 37.4 Å². The van der Waals surface area contributed by atoms with E-state index in [-0.39, 0.29) is 0 Å². The van der Waals surface area contributed by atoms with Crippen LogP contribution in [0.2, 0.25) is 0 Å². The first kappa shape index (κ1) is 6.84. The summed E-state index contributed by atoms with van der Waals surface area (Å²) >= 11 is 0. The molecule has 2 rings (SSSR count). The average molecular weight is 158 g/mol. The lowest BCUT2D eigenvalue weighted by molar-refractivity contribution is 0.368. The Kier molecular flexibility index (Phi) is 1.81. The van der Waals surface area contributed by atoms with E-state index in [2.05, 4.69) is 0 Å². The highest BCUT2D eigenvalue weighted by Gasteiger charge is 2.40. The lowest BCUT2D eigenvalue weighted by atomic mass is 9.88. The molecule has 10 heavy (non-hydrogen) atoms. The van der Waals surface area contributed by atoms with Crippen LogP contribution in [0.5, 0.6) is 0 Å². The van der Waals surface area contributed by atoms with E-state index in [0.29, 0.717) is 5.25 Å². The molecule has 0 bridgehead atoms. The zero-order valence-corrected chi connectivity index (χ0v) is 7.03. The summed E-state index contributed by atoms with van der Waals surface area (Å²) in [5, 5.41) is 0.625. The maximum Gasteiger partial charge on any atom is 0.0491 e. The van der Waals surface area contributed by atoms with E-state index < -0.39 is 10.8 Å². The van der Waals surface area contributed by atoms with Crippen LogP contribution in [0.3, 0.4) is 0 Å². The molecular formula is C8H14OS. The SMILES string of the molecule is O=S1C[C@H]1C1CCCCC1. The summed E-state index contributed by atoms with van der Waals surface area (Å²) in [6.45, 7) is 0. The topological polar surface area (TPSA) is 17.1 Å². The predicted molar refractivity (Wildman–Crippen MR) is 43.4 cm³/mol. The Morgan fingerprint density at radius 3 is 2.20 bits per heavy atom. The summed E-state index contributed by atoms with van der Waals surface area (Å²) < 4.78 is 10.9. The second kappa shape index (κ2) is 2.65. The number of rotatable bonds is 1. The molecule has 0 spiro atoms. The van der Waals surface area contributed by atoms with Crippen molar-refractivity contribution < 1.29 is 4.21 Å². The maximum absolute atomic E-state index is 10.9. The lowest BCUT2D eigenvalue weighted by Gasteiger charge is -2.19. The second-order valence-electron chi connectivity index (χ2n) is 3.48. The molecule has 1 saturated carbocycles. The molecule has 1 aliphatic heterocycles. The largest absolute Gasteiger partial charge is 0.259 e. The molecule has 1 aliphatic carbocycles. The van der Waals surface area contributed by atoms with Crippen LogP contribution in [0.25, 0.3) is 0 Å². The zero-order chi connectivity index (χ0) is 6.97. The molecule has 2 fully saturated rings. The van der Waals surface area contributed by atoms with Gasteiger partial charge in [-0.05, 0) is 18.8 Å². The normalized spacial score (nSPS) is 41.6. The molecular weight excluding hydrogens is 144 g/mol. The predicted octanol–water partition coefficient (Wildman–Crippen LogP) is 1.70. The summed E-state index contributed by atoms with van der Waals surface area (Å²) in [7, 11) is -0.396. The van der Waals surface area contributed by atoms with Gasteiger partial charge in [0.15, 0.2) is 0 Å². The first-order chi connectivity index (χ1) is 4.88. The third kappa shape index (κ3) is 1.26. The lowest BCUT2D eigenvalue weighted by Crippen LogP contribution is -2.12. The Morgan fingerprint density at radius 2 is 1.70 bits per heavy atom. The molecule has 0 radical (unpaired) electrons. The molecule has 58 valence electrons. The van der Waals surface area contributed by atoms with E-state index >= 15 is 0 Å². The van der Waals surface area contributed by atoms with Gasteiger partial charge in [0.05, 0.1) is 0 Å². The standard InChI is InChI=1S/C8H14OS/c9-10-6-8(10)7-4-2-1-3-5-7/h7-8H,1-6H2/t8-,10?/m0/s1. The van der Waals surface area contributed by atoms with Crippen LogP contribution in [0, 0.1) is 5.92 Å². The van der Waals surface area contributed by atoms with Crippen LogP contribution < -0.4 is 0 Å². The van der Waals surface area contributed by atoms with E-state index in [1.165, 1.54) is 32.1 Å². The van der Waals surface area contributed by atoms with Crippen LogP contribution in [-0.4, -0.2) is 15.2 Å². The maximum atomic E-state index is 10.9. The molecule has 0 aromatic rings. The van der Waals surface area contributed by atoms with E-state index in [4.69, 9.17) is 0 Å². The van der Waals surface area contributed by atoms with Gasteiger partial charge < -0.3 is 0 Å². The average Bonchev–Trinajstić information content (AvgIpc) is 2.69. The Hall–Kier alpha value is 0.150. The monoisotopic (exact) mass is 158 g/mol. The van der Waals surface area contributed by atoms with Crippen LogP contribution >= 0.6 is 0 Å². The second-order valence-corrected chi connectivity index (χ2v) is 5.18. The minimum atomic E-state index is -0.396. The molecule has 2 heteroatoms. The van der Waals surface area contributed by atoms with Crippen molar-refractivity contribution in [2.24, 2.45) is 5.92 Å². The van der Waals surface area contributed by atoms with Crippen molar-refractivity contribution in [3.05, 3.63) is 0 Å². The van der Waals surface area contributed by atoms with Crippen molar-refractivity contribution in [3.63, 3.8) is 0 Å². The Morgan fingerprint density at radius 1 is 1.10 bits per heavy atom. The summed E-state index contributed by atoms with van der Waals surface area (Å²) in [4.78, 5) is 0. The zero-order valence-electron chi connectivity index (χ0n) is 6.21. The number of hydrogen-bond acceptors (Lipinski definition) is 1. The minimum Gasteiger partial charge on any atom is -0.259 e. The van der Waals surface area contributed by atoms with E-state index in [1.54, 1.807) is 0 Å². The van der Waals surface area contributed by atoms with Crippen molar-refractivity contribution in [1.82, 2.24) is 0 Å². The van der Waals surface area contributed by atoms with Crippen LogP contribution in [0.1, 0.15) is 32.1 Å². The Bertz CT molecular complexity index is 149. The van der Waals surface area contributed by atoms with Gasteiger partial charge in [0, 0.05) is 21.8 Å². The summed E-state index contributed by atoms with van der Waals surface area (Å²) in [6.07, 6.45) is 6.90. The molecule has 1 heterocycles. The van der Waals surface area contributed by atoms with Crippen LogP contribution in [0.15, 0.2) is 0 Å². The van der Waals surface area contributed by atoms with Gasteiger partial charge in [-0.3, -0.25) is 4.21 Å². The highest BCUT2D eigenvalue weighted by atomic mass is 32.2. The van der Waals surface area contributed by atoms with Gasteiger partial charge in [0.2, 0.25) is 0 Å². The van der Waals surface area contributed by atoms with Gasteiger partial charge >= 0.3 is 0 Å². The Balaban J connectivity index is 1.86. The summed E-state index contributed by atoms with van der Waals surface area (Å²) in [5.41, 5.74) is 0. The molecule has 2 aliphatic rings. The highest BCUT2D eigenvalue weighted by Crippen LogP contribution is 2.35. The minimum absolute atomic E-state index is 0.396. The first-order valence-electron chi connectivity index (χ1n) is 4.25. The molecule has 0 aromatic carbocycles. The van der Waals surface area contributed by atoms with Gasteiger partial charge in [0.1, 0.15) is 0 Å². The number of hydrogen-bond donors (Lipinski definition) is 0. The molecule has 1 saturated heterocycles. The quantitative estimate of drug-likeness (QED) is 0.531. The first-order valence-corrected chi connectivity index (χ1v) is 5.63. The smallest absolute Gasteiger partial charge is 0.0491 e. The van der Waals surface area contributed by atoms with Crippen molar-refractivity contribution in [1.29, 1.82) is 0 Å². The molecule has 1 unspecified atom stereocenters. The van der Waals surface area contributed by atoms with Crippen molar-refractivity contribution in [2.75, 3.05) is 5.75 Å². The van der Waals surface area contributed by atoms with Crippen LogP contribution in [-0.2, 0) is 10.8 Å². The van der Waals surface area contributed by atoms with Crippen molar-refractivity contribution >= 4 is 10.8 Å². The third-order valence-corrected chi connectivity index (χ3v) is 4.21. The highest BCUT2D eigenvalue weighted by molar-refractivity contribution is 7.92. The molecule has 0 N–H and O–H groups in total. The fourth-order valence-electron chi connectivity index (χ4n) is 1.98.